The first kappa shape index (κ1) is 17.3. The average Bonchev–Trinajstić information content (AvgIpc) is 2.61. The van der Waals surface area contributed by atoms with E-state index >= 15 is 0 Å². The van der Waals surface area contributed by atoms with Gasteiger partial charge in [-0.25, -0.2) is 13.1 Å². The Morgan fingerprint density at radius 3 is 2.92 bits per heavy atom. The number of benzene rings is 1. The van der Waals surface area contributed by atoms with Crippen molar-refractivity contribution in [3.63, 3.8) is 0 Å². The summed E-state index contributed by atoms with van der Waals surface area (Å²) in [5, 5.41) is 0.841. The van der Waals surface area contributed by atoms with Crippen molar-refractivity contribution in [3.8, 4) is 0 Å². The molecule has 0 spiro atoms. The van der Waals surface area contributed by atoms with Crippen LogP contribution >= 0.6 is 0 Å². The zero-order valence-corrected chi connectivity index (χ0v) is 15.0. The van der Waals surface area contributed by atoms with Crippen LogP contribution in [0.15, 0.2) is 41.4 Å². The van der Waals surface area contributed by atoms with E-state index in [2.05, 4.69) is 16.6 Å². The van der Waals surface area contributed by atoms with Gasteiger partial charge in [-0.3, -0.25) is 4.98 Å². The fourth-order valence-electron chi connectivity index (χ4n) is 3.69. The van der Waals surface area contributed by atoms with Crippen LogP contribution < -0.4 is 9.62 Å². The highest BCUT2D eigenvalue weighted by molar-refractivity contribution is 7.89. The SMILES string of the molecule is CCC1CCCC[NH+]1CCNS(=O)(=O)c1cccc2cccnc12. The summed E-state index contributed by atoms with van der Waals surface area (Å²) < 4.78 is 28.1. The summed E-state index contributed by atoms with van der Waals surface area (Å²) in [6, 6.07) is 9.64. The molecule has 0 saturated carbocycles. The second kappa shape index (κ2) is 7.59. The third-order valence-corrected chi connectivity index (χ3v) is 6.49. The standard InChI is InChI=1S/C18H25N3O2S/c1-2-16-9-3-4-13-21(16)14-12-20-24(22,23)17-10-5-7-15-8-6-11-19-18(15)17/h5-8,10-11,16,20H,2-4,9,12-14H2,1H3/p+1. The molecule has 2 unspecified atom stereocenters. The van der Waals surface area contributed by atoms with Crippen LogP contribution in [-0.2, 0) is 10.0 Å². The number of piperidine rings is 1. The highest BCUT2D eigenvalue weighted by Gasteiger charge is 2.25. The molecular formula is C18H26N3O2S+. The summed E-state index contributed by atoms with van der Waals surface area (Å²) in [6.45, 7) is 4.69. The molecule has 5 nitrogen and oxygen atoms in total. The summed E-state index contributed by atoms with van der Waals surface area (Å²) in [5.74, 6) is 0. The van der Waals surface area contributed by atoms with Crippen molar-refractivity contribution in [2.24, 2.45) is 0 Å². The Hall–Kier alpha value is -1.50. The second-order valence-electron chi connectivity index (χ2n) is 6.49. The molecular weight excluding hydrogens is 322 g/mol. The van der Waals surface area contributed by atoms with E-state index in [9.17, 15) is 8.42 Å². The van der Waals surface area contributed by atoms with Crippen LogP contribution in [0.5, 0.6) is 0 Å². The molecule has 0 aliphatic carbocycles. The maximum Gasteiger partial charge on any atom is 0.242 e. The van der Waals surface area contributed by atoms with Crippen LogP contribution in [0.4, 0.5) is 0 Å². The van der Waals surface area contributed by atoms with Gasteiger partial charge >= 0.3 is 0 Å². The Kier molecular flexibility index (Phi) is 5.48. The maximum atomic E-state index is 12.7. The normalized spacial score (nSPS) is 21.9. The van der Waals surface area contributed by atoms with E-state index < -0.39 is 10.0 Å². The van der Waals surface area contributed by atoms with Crippen LogP contribution in [0.3, 0.4) is 0 Å². The van der Waals surface area contributed by atoms with Gasteiger partial charge in [0.2, 0.25) is 10.0 Å². The number of rotatable bonds is 6. The van der Waals surface area contributed by atoms with Gasteiger partial charge in [-0.15, -0.1) is 0 Å². The lowest BCUT2D eigenvalue weighted by Crippen LogP contribution is -3.17. The molecule has 1 aliphatic heterocycles. The van der Waals surface area contributed by atoms with Crippen molar-refractivity contribution in [1.82, 2.24) is 9.71 Å². The van der Waals surface area contributed by atoms with Gasteiger partial charge in [0.05, 0.1) is 31.2 Å². The molecule has 1 aromatic heterocycles. The average molecular weight is 348 g/mol. The highest BCUT2D eigenvalue weighted by atomic mass is 32.2. The van der Waals surface area contributed by atoms with Crippen LogP contribution in [0, 0.1) is 0 Å². The summed E-state index contributed by atoms with van der Waals surface area (Å²) in [7, 11) is -3.54. The molecule has 1 aromatic carbocycles. The van der Waals surface area contributed by atoms with Crippen molar-refractivity contribution in [1.29, 1.82) is 0 Å². The summed E-state index contributed by atoms with van der Waals surface area (Å²) >= 11 is 0. The Bertz CT molecular complexity index is 786. The number of sulfonamides is 1. The van der Waals surface area contributed by atoms with E-state index in [-0.39, 0.29) is 4.90 Å². The van der Waals surface area contributed by atoms with Gasteiger partial charge in [0.25, 0.3) is 0 Å². The zero-order valence-electron chi connectivity index (χ0n) is 14.2. The molecule has 130 valence electrons. The van der Waals surface area contributed by atoms with Gasteiger partial charge in [-0.2, -0.15) is 0 Å². The minimum absolute atomic E-state index is 0.265. The first-order chi connectivity index (χ1) is 11.6. The van der Waals surface area contributed by atoms with Crippen molar-refractivity contribution in [3.05, 3.63) is 36.5 Å². The predicted octanol–water partition coefficient (Wildman–Crippen LogP) is 1.36. The monoisotopic (exact) mass is 348 g/mol. The molecule has 2 N–H and O–H groups in total. The van der Waals surface area contributed by atoms with Crippen LogP contribution in [0.1, 0.15) is 32.6 Å². The van der Waals surface area contributed by atoms with Gasteiger partial charge in [0.15, 0.2) is 0 Å². The lowest BCUT2D eigenvalue weighted by Gasteiger charge is -2.32. The molecule has 3 rings (SSSR count). The van der Waals surface area contributed by atoms with Gasteiger partial charge < -0.3 is 4.90 Å². The molecule has 0 amide bonds. The Labute approximate surface area is 144 Å². The predicted molar refractivity (Wildman–Crippen MR) is 95.6 cm³/mol. The van der Waals surface area contributed by atoms with E-state index in [4.69, 9.17) is 0 Å². The largest absolute Gasteiger partial charge is 0.331 e. The molecule has 24 heavy (non-hydrogen) atoms. The topological polar surface area (TPSA) is 63.5 Å². The number of para-hydroxylation sites is 1. The first-order valence-corrected chi connectivity index (χ1v) is 10.3. The van der Waals surface area contributed by atoms with Crippen molar-refractivity contribution < 1.29 is 13.3 Å². The van der Waals surface area contributed by atoms with Gasteiger partial charge in [-0.1, -0.05) is 25.1 Å². The second-order valence-corrected chi connectivity index (χ2v) is 8.22. The number of aromatic nitrogens is 1. The van der Waals surface area contributed by atoms with Crippen molar-refractivity contribution in [2.75, 3.05) is 19.6 Å². The maximum absolute atomic E-state index is 12.7. The Balaban J connectivity index is 1.69. The Morgan fingerprint density at radius 1 is 1.25 bits per heavy atom. The van der Waals surface area contributed by atoms with Gasteiger partial charge in [-0.05, 0) is 37.8 Å². The molecule has 1 aliphatic rings. The summed E-state index contributed by atoms with van der Waals surface area (Å²) in [6.07, 6.45) is 6.59. The molecule has 1 saturated heterocycles. The molecule has 0 radical (unpaired) electrons. The lowest BCUT2D eigenvalue weighted by molar-refractivity contribution is -0.929. The number of hydrogen-bond donors (Lipinski definition) is 2. The molecule has 0 bridgehead atoms. The smallest absolute Gasteiger partial charge is 0.242 e. The highest BCUT2D eigenvalue weighted by Crippen LogP contribution is 2.20. The summed E-state index contributed by atoms with van der Waals surface area (Å²) in [5.41, 5.74) is 0.532. The number of likely N-dealkylation sites (tertiary alicyclic amines) is 1. The van der Waals surface area contributed by atoms with Crippen molar-refractivity contribution in [2.45, 2.75) is 43.5 Å². The third-order valence-electron chi connectivity index (χ3n) is 4.99. The number of nitrogens with one attached hydrogen (secondary N) is 2. The van der Waals surface area contributed by atoms with Crippen molar-refractivity contribution >= 4 is 20.9 Å². The van der Waals surface area contributed by atoms with Gasteiger partial charge in [0, 0.05) is 11.6 Å². The molecule has 2 atom stereocenters. The molecule has 2 aromatic rings. The summed E-state index contributed by atoms with van der Waals surface area (Å²) in [4.78, 5) is 6.04. The van der Waals surface area contributed by atoms with Gasteiger partial charge in [0.1, 0.15) is 4.90 Å². The Morgan fingerprint density at radius 2 is 2.08 bits per heavy atom. The number of pyridine rings is 1. The molecule has 2 heterocycles. The third kappa shape index (κ3) is 3.77. The molecule has 1 fully saturated rings. The number of nitrogens with zero attached hydrogens (tertiary/aromatic N) is 1. The first-order valence-electron chi connectivity index (χ1n) is 8.80. The minimum Gasteiger partial charge on any atom is -0.331 e. The number of hydrogen-bond acceptors (Lipinski definition) is 3. The van der Waals surface area contributed by atoms with Crippen LogP contribution in [0.2, 0.25) is 0 Å². The lowest BCUT2D eigenvalue weighted by atomic mass is 10.0. The number of quaternary nitrogens is 1. The van der Waals surface area contributed by atoms with Crippen LogP contribution in [-0.4, -0.2) is 39.1 Å². The fraction of sp³-hybridized carbons (Fsp3) is 0.500. The van der Waals surface area contributed by atoms with E-state index in [0.717, 1.165) is 24.9 Å². The van der Waals surface area contributed by atoms with Crippen LogP contribution in [0.25, 0.3) is 10.9 Å². The van der Waals surface area contributed by atoms with E-state index in [0.29, 0.717) is 18.1 Å². The number of fused-ring (bicyclic) bond motifs is 1. The fourth-order valence-corrected chi connectivity index (χ4v) is 4.90. The quantitative estimate of drug-likeness (QED) is 0.829. The van der Waals surface area contributed by atoms with E-state index in [1.807, 2.05) is 18.2 Å². The molecule has 6 heteroatoms. The van der Waals surface area contributed by atoms with E-state index in [1.165, 1.54) is 24.2 Å². The minimum atomic E-state index is -3.54. The van der Waals surface area contributed by atoms with E-state index in [1.54, 1.807) is 18.3 Å². The zero-order chi connectivity index (χ0) is 17.0.